The number of methoxy groups -OCH3 is 1. The molecule has 1 atom stereocenters. The maximum atomic E-state index is 12.7. The second-order valence-corrected chi connectivity index (χ2v) is 9.06. The van der Waals surface area contributed by atoms with E-state index in [1.807, 2.05) is 30.3 Å². The summed E-state index contributed by atoms with van der Waals surface area (Å²) in [4.78, 5) is 29.5. The summed E-state index contributed by atoms with van der Waals surface area (Å²) in [7, 11) is 1.41. The Kier molecular flexibility index (Phi) is 11.9. The number of hydrogen-bond donors (Lipinski definition) is 1. The summed E-state index contributed by atoms with van der Waals surface area (Å²) >= 11 is 0. The molecule has 8 nitrogen and oxygen atoms in total. The van der Waals surface area contributed by atoms with Gasteiger partial charge in [-0.2, -0.15) is 5.26 Å². The lowest BCUT2D eigenvalue weighted by atomic mass is 9.97. The van der Waals surface area contributed by atoms with Crippen molar-refractivity contribution in [3.8, 4) is 12.1 Å². The molecule has 1 aromatic rings. The number of benzene rings is 1. The van der Waals surface area contributed by atoms with Gasteiger partial charge in [-0.1, -0.05) is 51.7 Å². The topological polar surface area (TPSA) is 111 Å². The maximum absolute atomic E-state index is 12.7. The van der Waals surface area contributed by atoms with E-state index in [0.29, 0.717) is 17.9 Å². The third-order valence-corrected chi connectivity index (χ3v) is 6.61. The minimum absolute atomic E-state index is 0.0124. The van der Waals surface area contributed by atoms with Crippen LogP contribution in [0.3, 0.4) is 0 Å². The first-order valence-corrected chi connectivity index (χ1v) is 12.8. The van der Waals surface area contributed by atoms with Gasteiger partial charge >= 0.3 is 5.97 Å². The molecule has 1 unspecified atom stereocenters. The fourth-order valence-corrected chi connectivity index (χ4v) is 4.42. The van der Waals surface area contributed by atoms with Gasteiger partial charge in [0.25, 0.3) is 11.6 Å². The molecule has 1 aromatic carbocycles. The lowest BCUT2D eigenvalue weighted by Crippen LogP contribution is -2.30. The number of carbonyl (C=O) groups excluding carboxylic acids is 2. The molecule has 0 spiro atoms. The predicted molar refractivity (Wildman–Crippen MR) is 142 cm³/mol. The molecule has 37 heavy (non-hydrogen) atoms. The number of esters is 1. The van der Waals surface area contributed by atoms with Gasteiger partial charge in [-0.15, -0.1) is 0 Å². The molecule has 1 N–H and O–H groups in total. The van der Waals surface area contributed by atoms with Crippen molar-refractivity contribution in [2.75, 3.05) is 25.1 Å². The van der Waals surface area contributed by atoms with Crippen LogP contribution >= 0.6 is 0 Å². The van der Waals surface area contributed by atoms with Gasteiger partial charge in [0.15, 0.2) is 0 Å². The number of rotatable bonds is 14. The SMILES string of the molecule is [C-]#[N+]/C(C#N)=C1\NC(=O)C(c2ccc(N(CCCCCC(=O)OC)CC(CC)CCCC)cc2)=C1C#N. The largest absolute Gasteiger partial charge is 0.469 e. The number of unbranched alkanes of at least 4 members (excludes halogenated alkanes) is 3. The number of carbonyl (C=O) groups is 2. The number of nitrogens with zero attached hydrogens (tertiary/aromatic N) is 4. The smallest absolute Gasteiger partial charge is 0.305 e. The zero-order chi connectivity index (χ0) is 27.2. The molecule has 8 heteroatoms. The van der Waals surface area contributed by atoms with Crippen molar-refractivity contribution in [2.45, 2.75) is 65.2 Å². The van der Waals surface area contributed by atoms with Crippen LogP contribution in [0.25, 0.3) is 10.4 Å². The van der Waals surface area contributed by atoms with Crippen molar-refractivity contribution in [2.24, 2.45) is 5.92 Å². The Morgan fingerprint density at radius 3 is 2.46 bits per heavy atom. The lowest BCUT2D eigenvalue weighted by molar-refractivity contribution is -0.140. The Bertz CT molecular complexity index is 1130. The Morgan fingerprint density at radius 2 is 1.89 bits per heavy atom. The molecule has 0 aliphatic carbocycles. The third kappa shape index (κ3) is 7.95. The molecule has 1 aliphatic heterocycles. The van der Waals surface area contributed by atoms with Crippen LogP contribution in [0.1, 0.15) is 70.8 Å². The van der Waals surface area contributed by atoms with Crippen molar-refractivity contribution >= 4 is 23.1 Å². The number of anilines is 1. The highest BCUT2D eigenvalue weighted by atomic mass is 16.5. The van der Waals surface area contributed by atoms with E-state index >= 15 is 0 Å². The van der Waals surface area contributed by atoms with E-state index < -0.39 is 5.91 Å². The second kappa shape index (κ2) is 15.1. The van der Waals surface area contributed by atoms with Crippen LogP contribution in [0.15, 0.2) is 41.2 Å². The highest BCUT2D eigenvalue weighted by Gasteiger charge is 2.31. The minimum Gasteiger partial charge on any atom is -0.469 e. The molecule has 194 valence electrons. The van der Waals surface area contributed by atoms with Crippen molar-refractivity contribution < 1.29 is 14.3 Å². The van der Waals surface area contributed by atoms with Crippen LogP contribution in [0, 0.1) is 35.2 Å². The third-order valence-electron chi connectivity index (χ3n) is 6.61. The average Bonchev–Trinajstić information content (AvgIpc) is 3.25. The summed E-state index contributed by atoms with van der Waals surface area (Å²) in [6.07, 6.45) is 7.69. The summed E-state index contributed by atoms with van der Waals surface area (Å²) in [5.74, 6) is -0.117. The van der Waals surface area contributed by atoms with Gasteiger partial charge in [-0.05, 0) is 42.9 Å². The zero-order valence-electron chi connectivity index (χ0n) is 22.0. The van der Waals surface area contributed by atoms with E-state index in [-0.39, 0.29) is 28.5 Å². The summed E-state index contributed by atoms with van der Waals surface area (Å²) in [6, 6.07) is 11.3. The summed E-state index contributed by atoms with van der Waals surface area (Å²) in [6.45, 7) is 13.3. The molecule has 1 heterocycles. The number of amides is 1. The Morgan fingerprint density at radius 1 is 1.16 bits per heavy atom. The normalized spacial score (nSPS) is 14.8. The maximum Gasteiger partial charge on any atom is 0.305 e. The standard InChI is InChI=1S/C29H35N5O3/c1-5-7-11-21(6-2)20-34(17-10-8-9-12-26(35)37-4)23-15-13-22(14-16-23)27-24(18-30)28(33-29(27)36)25(19-31)32-3/h13-16,21H,5-12,17,20H2,1-2,4H3,(H,33,36)/b28-25-. The first-order valence-electron chi connectivity index (χ1n) is 12.8. The molecule has 0 saturated carbocycles. The van der Waals surface area contributed by atoms with Gasteiger partial charge < -0.3 is 15.0 Å². The van der Waals surface area contributed by atoms with E-state index in [9.17, 15) is 20.1 Å². The summed E-state index contributed by atoms with van der Waals surface area (Å²) < 4.78 is 4.73. The van der Waals surface area contributed by atoms with E-state index in [4.69, 9.17) is 11.3 Å². The van der Waals surface area contributed by atoms with E-state index in [1.54, 1.807) is 6.07 Å². The van der Waals surface area contributed by atoms with Gasteiger partial charge in [0, 0.05) is 25.2 Å². The fourth-order valence-electron chi connectivity index (χ4n) is 4.42. The highest BCUT2D eigenvalue weighted by molar-refractivity contribution is 6.26. The number of allylic oxidation sites excluding steroid dienone is 2. The zero-order valence-corrected chi connectivity index (χ0v) is 22.0. The van der Waals surface area contributed by atoms with Crippen LogP contribution < -0.4 is 10.2 Å². The van der Waals surface area contributed by atoms with Crippen LogP contribution in [-0.2, 0) is 14.3 Å². The average molecular weight is 502 g/mol. The van der Waals surface area contributed by atoms with Gasteiger partial charge in [0.1, 0.15) is 6.07 Å². The Labute approximate surface area is 220 Å². The van der Waals surface area contributed by atoms with Crippen molar-refractivity contribution in [1.82, 2.24) is 5.32 Å². The molecule has 0 saturated heterocycles. The molecular weight excluding hydrogens is 466 g/mol. The number of nitrogens with one attached hydrogen (secondary N) is 1. The molecular formula is C29H35N5O3. The molecule has 0 fully saturated rings. The Balaban J connectivity index is 2.28. The fraction of sp³-hybridized carbons (Fsp3) is 0.483. The molecule has 1 aliphatic rings. The van der Waals surface area contributed by atoms with Gasteiger partial charge in [0.05, 0.1) is 36.6 Å². The Hall–Kier alpha value is -4.09. The number of nitriles is 2. The van der Waals surface area contributed by atoms with Crippen molar-refractivity contribution in [3.63, 3.8) is 0 Å². The molecule has 1 amide bonds. The van der Waals surface area contributed by atoms with Crippen LogP contribution in [0.5, 0.6) is 0 Å². The van der Waals surface area contributed by atoms with Crippen LogP contribution in [0.2, 0.25) is 0 Å². The molecule has 2 rings (SSSR count). The van der Waals surface area contributed by atoms with E-state index in [2.05, 4.69) is 28.9 Å². The second-order valence-electron chi connectivity index (χ2n) is 9.06. The quantitative estimate of drug-likeness (QED) is 0.156. The van der Waals surface area contributed by atoms with Crippen molar-refractivity contribution in [1.29, 1.82) is 10.5 Å². The molecule has 0 bridgehead atoms. The van der Waals surface area contributed by atoms with Crippen LogP contribution in [0.4, 0.5) is 5.69 Å². The lowest BCUT2D eigenvalue weighted by Gasteiger charge is -2.29. The van der Waals surface area contributed by atoms with Gasteiger partial charge in [-0.3, -0.25) is 9.59 Å². The minimum atomic E-state index is -0.497. The predicted octanol–water partition coefficient (Wildman–Crippen LogP) is 5.50. The molecule has 0 radical (unpaired) electrons. The summed E-state index contributed by atoms with van der Waals surface area (Å²) in [5.41, 5.74) is 1.43. The van der Waals surface area contributed by atoms with Gasteiger partial charge in [0.2, 0.25) is 0 Å². The van der Waals surface area contributed by atoms with E-state index in [1.165, 1.54) is 20.0 Å². The number of ether oxygens (including phenoxy) is 1. The van der Waals surface area contributed by atoms with Crippen molar-refractivity contribution in [3.05, 3.63) is 58.2 Å². The van der Waals surface area contributed by atoms with Crippen LogP contribution in [-0.4, -0.2) is 32.1 Å². The first-order chi connectivity index (χ1) is 17.9. The van der Waals surface area contributed by atoms with Gasteiger partial charge in [-0.25, -0.2) is 10.1 Å². The molecule has 0 aromatic heterocycles. The first kappa shape index (κ1) is 29.1. The highest BCUT2D eigenvalue weighted by Crippen LogP contribution is 2.32. The van der Waals surface area contributed by atoms with E-state index in [0.717, 1.165) is 50.9 Å². The summed E-state index contributed by atoms with van der Waals surface area (Å²) in [5, 5.41) is 21.4. The monoisotopic (exact) mass is 501 g/mol. The number of hydrogen-bond acceptors (Lipinski definition) is 6.